The van der Waals surface area contributed by atoms with Gasteiger partial charge in [0.1, 0.15) is 5.75 Å². The largest absolute Gasteiger partial charge is 0.497 e. The van der Waals surface area contributed by atoms with Crippen LogP contribution in [0.4, 0.5) is 5.13 Å². The fourth-order valence-corrected chi connectivity index (χ4v) is 3.15. The third kappa shape index (κ3) is 3.16. The Kier molecular flexibility index (Phi) is 4.06. The molecule has 21 heavy (non-hydrogen) atoms. The molecule has 0 spiro atoms. The van der Waals surface area contributed by atoms with Gasteiger partial charge in [-0.1, -0.05) is 48.6 Å². The number of aromatic nitrogens is 1. The van der Waals surface area contributed by atoms with E-state index in [1.54, 1.807) is 18.4 Å². The van der Waals surface area contributed by atoms with Gasteiger partial charge in [-0.15, -0.1) is 0 Å². The van der Waals surface area contributed by atoms with Crippen LogP contribution in [0.5, 0.6) is 5.75 Å². The number of thiazole rings is 1. The third-order valence-corrected chi connectivity index (χ3v) is 4.50. The lowest BCUT2D eigenvalue weighted by Crippen LogP contribution is -2.09. The molecule has 1 heterocycles. The normalized spacial score (nSPS) is 12.3. The molecule has 1 N–H and O–H groups in total. The van der Waals surface area contributed by atoms with Gasteiger partial charge in [-0.25, -0.2) is 4.98 Å². The Balaban J connectivity index is 1.70. The standard InChI is InChI=1S/C17H18N2OS/c1-12(13-6-4-3-5-7-13)11-18-17-19-15-9-8-14(20-2)10-16(15)21-17/h3-10,12H,11H2,1-2H3,(H,18,19). The lowest BCUT2D eigenvalue weighted by molar-refractivity contribution is 0.415. The number of benzene rings is 2. The number of nitrogens with zero attached hydrogens (tertiary/aromatic N) is 1. The molecule has 0 radical (unpaired) electrons. The number of anilines is 1. The highest BCUT2D eigenvalue weighted by Crippen LogP contribution is 2.29. The van der Waals surface area contributed by atoms with E-state index in [2.05, 4.69) is 41.5 Å². The maximum atomic E-state index is 5.25. The van der Waals surface area contributed by atoms with Crippen molar-refractivity contribution in [3.8, 4) is 5.75 Å². The van der Waals surface area contributed by atoms with Crippen LogP contribution < -0.4 is 10.1 Å². The average molecular weight is 298 g/mol. The highest BCUT2D eigenvalue weighted by atomic mass is 32.1. The smallest absolute Gasteiger partial charge is 0.183 e. The maximum absolute atomic E-state index is 5.25. The first-order valence-electron chi connectivity index (χ1n) is 6.99. The first-order chi connectivity index (χ1) is 10.3. The van der Waals surface area contributed by atoms with Gasteiger partial charge in [0.25, 0.3) is 0 Å². The van der Waals surface area contributed by atoms with Gasteiger partial charge in [0.05, 0.1) is 17.3 Å². The molecule has 0 saturated heterocycles. The Morgan fingerprint density at radius 3 is 2.76 bits per heavy atom. The molecule has 0 aliphatic heterocycles. The zero-order valence-corrected chi connectivity index (χ0v) is 13.0. The molecule has 0 amide bonds. The van der Waals surface area contributed by atoms with Crippen molar-refractivity contribution in [2.24, 2.45) is 0 Å². The van der Waals surface area contributed by atoms with Crippen molar-refractivity contribution in [2.75, 3.05) is 19.0 Å². The van der Waals surface area contributed by atoms with Crippen molar-refractivity contribution >= 4 is 26.7 Å². The van der Waals surface area contributed by atoms with E-state index in [4.69, 9.17) is 4.74 Å². The molecular weight excluding hydrogens is 280 g/mol. The predicted molar refractivity (Wildman–Crippen MR) is 89.5 cm³/mol. The van der Waals surface area contributed by atoms with Gasteiger partial charge < -0.3 is 10.1 Å². The second kappa shape index (κ2) is 6.14. The number of hydrogen-bond acceptors (Lipinski definition) is 4. The third-order valence-electron chi connectivity index (χ3n) is 3.52. The number of fused-ring (bicyclic) bond motifs is 1. The van der Waals surface area contributed by atoms with Crippen LogP contribution >= 0.6 is 11.3 Å². The van der Waals surface area contributed by atoms with E-state index in [9.17, 15) is 0 Å². The number of nitrogens with one attached hydrogen (secondary N) is 1. The zero-order valence-electron chi connectivity index (χ0n) is 12.2. The van der Waals surface area contributed by atoms with Gasteiger partial charge in [-0.3, -0.25) is 0 Å². The van der Waals surface area contributed by atoms with Crippen LogP contribution in [0.25, 0.3) is 10.2 Å². The van der Waals surface area contributed by atoms with Gasteiger partial charge in [-0.2, -0.15) is 0 Å². The Bertz CT molecular complexity index is 724. The van der Waals surface area contributed by atoms with Gasteiger partial charge in [0.2, 0.25) is 0 Å². The van der Waals surface area contributed by atoms with Crippen molar-refractivity contribution in [2.45, 2.75) is 12.8 Å². The average Bonchev–Trinajstić information content (AvgIpc) is 2.95. The summed E-state index contributed by atoms with van der Waals surface area (Å²) in [6.45, 7) is 3.10. The van der Waals surface area contributed by atoms with Gasteiger partial charge >= 0.3 is 0 Å². The topological polar surface area (TPSA) is 34.1 Å². The fourth-order valence-electron chi connectivity index (χ4n) is 2.25. The minimum Gasteiger partial charge on any atom is -0.497 e. The molecule has 4 heteroatoms. The van der Waals surface area contributed by atoms with Gasteiger partial charge in [-0.05, 0) is 29.7 Å². The molecular formula is C17H18N2OS. The molecule has 1 atom stereocenters. The molecule has 1 unspecified atom stereocenters. The maximum Gasteiger partial charge on any atom is 0.183 e. The number of rotatable bonds is 5. The van der Waals surface area contributed by atoms with E-state index >= 15 is 0 Å². The van der Waals surface area contributed by atoms with E-state index in [-0.39, 0.29) is 0 Å². The quantitative estimate of drug-likeness (QED) is 0.752. The summed E-state index contributed by atoms with van der Waals surface area (Å²) in [6, 6.07) is 16.5. The van der Waals surface area contributed by atoms with E-state index < -0.39 is 0 Å². The first kappa shape index (κ1) is 13.9. The number of methoxy groups -OCH3 is 1. The van der Waals surface area contributed by atoms with Gasteiger partial charge in [0.15, 0.2) is 5.13 Å². The molecule has 0 aliphatic carbocycles. The van der Waals surface area contributed by atoms with Crippen LogP contribution in [0.1, 0.15) is 18.4 Å². The molecule has 0 aliphatic rings. The molecule has 108 valence electrons. The molecule has 3 rings (SSSR count). The van der Waals surface area contributed by atoms with Crippen LogP contribution in [0.2, 0.25) is 0 Å². The number of hydrogen-bond donors (Lipinski definition) is 1. The monoisotopic (exact) mass is 298 g/mol. The summed E-state index contributed by atoms with van der Waals surface area (Å²) in [6.07, 6.45) is 0. The Morgan fingerprint density at radius 2 is 2.00 bits per heavy atom. The van der Waals surface area contributed by atoms with Crippen LogP contribution in [-0.2, 0) is 0 Å². The van der Waals surface area contributed by atoms with Crippen LogP contribution in [0, 0.1) is 0 Å². The molecule has 0 saturated carbocycles. The highest BCUT2D eigenvalue weighted by molar-refractivity contribution is 7.22. The van der Waals surface area contributed by atoms with Crippen LogP contribution in [-0.4, -0.2) is 18.6 Å². The van der Waals surface area contributed by atoms with Crippen molar-refractivity contribution in [1.29, 1.82) is 0 Å². The van der Waals surface area contributed by atoms with E-state index in [0.29, 0.717) is 5.92 Å². The molecule has 2 aromatic carbocycles. The van der Waals surface area contributed by atoms with Crippen molar-refractivity contribution in [3.05, 3.63) is 54.1 Å². The molecule has 0 bridgehead atoms. The minimum atomic E-state index is 0.452. The molecule has 0 fully saturated rings. The Morgan fingerprint density at radius 1 is 1.19 bits per heavy atom. The summed E-state index contributed by atoms with van der Waals surface area (Å²) in [5.41, 5.74) is 2.35. The molecule has 3 aromatic rings. The lowest BCUT2D eigenvalue weighted by Gasteiger charge is -2.11. The highest BCUT2D eigenvalue weighted by Gasteiger charge is 2.08. The molecule has 1 aromatic heterocycles. The fraction of sp³-hybridized carbons (Fsp3) is 0.235. The Labute approximate surface area is 128 Å². The van der Waals surface area contributed by atoms with Crippen LogP contribution in [0.3, 0.4) is 0 Å². The van der Waals surface area contributed by atoms with Gasteiger partial charge in [0, 0.05) is 6.54 Å². The second-order valence-corrected chi connectivity index (χ2v) is 6.08. The SMILES string of the molecule is COc1ccc2nc(NCC(C)c3ccccc3)sc2c1. The van der Waals surface area contributed by atoms with Crippen molar-refractivity contribution in [1.82, 2.24) is 4.98 Å². The summed E-state index contributed by atoms with van der Waals surface area (Å²) in [4.78, 5) is 4.61. The van der Waals surface area contributed by atoms with Crippen molar-refractivity contribution in [3.63, 3.8) is 0 Å². The second-order valence-electron chi connectivity index (χ2n) is 5.05. The summed E-state index contributed by atoms with van der Waals surface area (Å²) >= 11 is 1.66. The first-order valence-corrected chi connectivity index (χ1v) is 7.81. The van der Waals surface area contributed by atoms with Crippen molar-refractivity contribution < 1.29 is 4.74 Å². The lowest BCUT2D eigenvalue weighted by atomic mass is 10.0. The van der Waals surface area contributed by atoms with E-state index in [1.807, 2.05) is 24.3 Å². The number of ether oxygens (including phenoxy) is 1. The summed E-state index contributed by atoms with van der Waals surface area (Å²) in [5, 5.41) is 4.40. The summed E-state index contributed by atoms with van der Waals surface area (Å²) < 4.78 is 6.39. The van der Waals surface area contributed by atoms with E-state index in [1.165, 1.54) is 5.56 Å². The summed E-state index contributed by atoms with van der Waals surface area (Å²) in [5.74, 6) is 1.32. The Hall–Kier alpha value is -2.07. The van der Waals surface area contributed by atoms with Crippen LogP contribution in [0.15, 0.2) is 48.5 Å². The zero-order chi connectivity index (χ0) is 14.7. The minimum absolute atomic E-state index is 0.452. The van der Waals surface area contributed by atoms with E-state index in [0.717, 1.165) is 27.6 Å². The summed E-state index contributed by atoms with van der Waals surface area (Å²) in [7, 11) is 1.68. The molecule has 3 nitrogen and oxygen atoms in total. The predicted octanol–water partition coefficient (Wildman–Crippen LogP) is 4.52.